The molecular weight excluding hydrogens is 470 g/mol. The molecule has 0 saturated heterocycles. The Bertz CT molecular complexity index is 1390. The number of amides is 1. The normalized spacial score (nSPS) is 24.5. The number of carboxylic acid groups (broad SMARTS) is 1. The number of aryl methyl sites for hydroxylation is 2. The van der Waals surface area contributed by atoms with Gasteiger partial charge in [-0.3, -0.25) is 19.7 Å². The summed E-state index contributed by atoms with van der Waals surface area (Å²) in [4.78, 5) is 41.0. The minimum absolute atomic E-state index is 0.0333. The number of hydrogen-bond acceptors (Lipinski definition) is 6. The van der Waals surface area contributed by atoms with Crippen molar-refractivity contribution in [1.29, 1.82) is 0 Å². The third kappa shape index (κ3) is 3.78. The van der Waals surface area contributed by atoms with Crippen LogP contribution < -0.4 is 4.90 Å². The minimum atomic E-state index is -0.721. The number of imidazole rings is 1. The van der Waals surface area contributed by atoms with Crippen LogP contribution in [0.3, 0.4) is 0 Å². The Hall–Kier alpha value is -3.49. The van der Waals surface area contributed by atoms with Gasteiger partial charge >= 0.3 is 12.1 Å². The first-order valence-electron chi connectivity index (χ1n) is 13.3. The van der Waals surface area contributed by atoms with Gasteiger partial charge in [0.05, 0.1) is 46.6 Å². The minimum Gasteiger partial charge on any atom is -0.481 e. The molecule has 2 fully saturated rings. The molecule has 6 rings (SSSR count). The van der Waals surface area contributed by atoms with E-state index in [2.05, 4.69) is 15.6 Å². The predicted molar refractivity (Wildman–Crippen MR) is 138 cm³/mol. The van der Waals surface area contributed by atoms with Gasteiger partial charge < -0.3 is 14.4 Å². The van der Waals surface area contributed by atoms with E-state index in [1.807, 2.05) is 26.1 Å². The number of carbonyl (C=O) groups is 2. The fourth-order valence-corrected chi connectivity index (χ4v) is 6.52. The highest BCUT2D eigenvalue weighted by molar-refractivity contribution is 5.95. The summed E-state index contributed by atoms with van der Waals surface area (Å²) < 4.78 is 7.43. The lowest BCUT2D eigenvalue weighted by Crippen LogP contribution is -2.42. The second kappa shape index (κ2) is 8.82. The zero-order valence-corrected chi connectivity index (χ0v) is 21.6. The molecule has 37 heavy (non-hydrogen) atoms. The first-order valence-corrected chi connectivity index (χ1v) is 13.3. The van der Waals surface area contributed by atoms with Gasteiger partial charge in [0.25, 0.3) is 0 Å². The van der Waals surface area contributed by atoms with Crippen molar-refractivity contribution in [2.75, 3.05) is 12.0 Å². The van der Waals surface area contributed by atoms with Crippen LogP contribution in [0.2, 0.25) is 0 Å². The highest BCUT2D eigenvalue weighted by atomic mass is 16.5. The summed E-state index contributed by atoms with van der Waals surface area (Å²) >= 11 is 0. The monoisotopic (exact) mass is 503 g/mol. The SMILES string of the molecule is COC(=O)N1c2ccc3c(nc(C4(c5cncc(C)n5)CC4)n3[C@@H]3CCC[C@@H](C(=O)O)C3)c2CCC1C. The van der Waals surface area contributed by atoms with Gasteiger partial charge in [-0.1, -0.05) is 6.42 Å². The quantitative estimate of drug-likeness (QED) is 0.537. The van der Waals surface area contributed by atoms with E-state index in [1.54, 1.807) is 11.1 Å². The standard InChI is InChI=1S/C28H33N5O4/c1-16-14-29-15-23(30-16)28(11-12-28)26-31-24-20-8-7-17(2)32(27(36)37-3)21(20)9-10-22(24)33(26)19-6-4-5-18(13-19)25(34)35/h9-10,14-15,17-19H,4-8,11-13H2,1-3H3,(H,34,35)/t17?,18-,19-/m1/s1. The molecule has 3 atom stereocenters. The van der Waals surface area contributed by atoms with Crippen molar-refractivity contribution in [2.45, 2.75) is 82.7 Å². The van der Waals surface area contributed by atoms with E-state index in [1.165, 1.54) is 7.11 Å². The van der Waals surface area contributed by atoms with E-state index in [4.69, 9.17) is 14.7 Å². The third-order valence-corrected chi connectivity index (χ3v) is 8.61. The summed E-state index contributed by atoms with van der Waals surface area (Å²) in [6.45, 7) is 3.99. The van der Waals surface area contributed by atoms with E-state index in [9.17, 15) is 14.7 Å². The maximum absolute atomic E-state index is 12.7. The van der Waals surface area contributed by atoms with Gasteiger partial charge in [0.1, 0.15) is 5.82 Å². The van der Waals surface area contributed by atoms with Crippen molar-refractivity contribution >= 4 is 28.8 Å². The molecule has 2 aliphatic carbocycles. The van der Waals surface area contributed by atoms with Gasteiger partial charge in [0, 0.05) is 30.0 Å². The van der Waals surface area contributed by atoms with Crippen LogP contribution in [0.1, 0.15) is 80.7 Å². The molecule has 1 aromatic carbocycles. The van der Waals surface area contributed by atoms with Gasteiger partial charge in [-0.2, -0.15) is 0 Å². The molecule has 3 aromatic rings. The molecule has 3 heterocycles. The smallest absolute Gasteiger partial charge is 0.414 e. The van der Waals surface area contributed by atoms with Gasteiger partial charge in [-0.15, -0.1) is 0 Å². The molecule has 2 saturated carbocycles. The van der Waals surface area contributed by atoms with Crippen LogP contribution in [-0.2, 0) is 21.4 Å². The first-order chi connectivity index (χ1) is 17.8. The van der Waals surface area contributed by atoms with E-state index in [-0.39, 0.29) is 29.5 Å². The average Bonchev–Trinajstić information content (AvgIpc) is 3.61. The van der Waals surface area contributed by atoms with Crippen LogP contribution in [0.15, 0.2) is 24.5 Å². The zero-order valence-electron chi connectivity index (χ0n) is 21.6. The number of benzene rings is 1. The third-order valence-electron chi connectivity index (χ3n) is 8.61. The molecule has 0 bridgehead atoms. The maximum atomic E-state index is 12.7. The molecule has 1 unspecified atom stereocenters. The van der Waals surface area contributed by atoms with Gasteiger partial charge in [-0.25, -0.2) is 9.78 Å². The lowest BCUT2D eigenvalue weighted by atomic mass is 9.85. The summed E-state index contributed by atoms with van der Waals surface area (Å²) in [7, 11) is 1.41. The Kier molecular flexibility index (Phi) is 5.69. The number of anilines is 1. The summed E-state index contributed by atoms with van der Waals surface area (Å²) in [5, 5.41) is 9.81. The van der Waals surface area contributed by atoms with Crippen LogP contribution >= 0.6 is 0 Å². The van der Waals surface area contributed by atoms with Gasteiger partial charge in [-0.05, 0) is 70.9 Å². The number of nitrogens with zero attached hydrogens (tertiary/aromatic N) is 5. The number of rotatable bonds is 4. The Morgan fingerprint density at radius 2 is 1.95 bits per heavy atom. The van der Waals surface area contributed by atoms with Gasteiger partial charge in [0.15, 0.2) is 0 Å². The van der Waals surface area contributed by atoms with Crippen LogP contribution in [0.4, 0.5) is 10.5 Å². The molecule has 0 radical (unpaired) electrons. The lowest BCUT2D eigenvalue weighted by Gasteiger charge is -2.34. The maximum Gasteiger partial charge on any atom is 0.414 e. The fourth-order valence-electron chi connectivity index (χ4n) is 6.52. The van der Waals surface area contributed by atoms with Crippen molar-refractivity contribution in [1.82, 2.24) is 19.5 Å². The first kappa shape index (κ1) is 23.9. The number of ether oxygens (including phenoxy) is 1. The Balaban J connectivity index is 1.56. The Morgan fingerprint density at radius 3 is 2.65 bits per heavy atom. The average molecular weight is 504 g/mol. The molecule has 9 heteroatoms. The number of methoxy groups -OCH3 is 1. The van der Waals surface area contributed by atoms with E-state index in [0.29, 0.717) is 12.8 Å². The van der Waals surface area contributed by atoms with Crippen LogP contribution in [-0.4, -0.2) is 49.8 Å². The molecule has 1 N–H and O–H groups in total. The lowest BCUT2D eigenvalue weighted by molar-refractivity contribution is -0.143. The van der Waals surface area contributed by atoms with Crippen molar-refractivity contribution in [3.63, 3.8) is 0 Å². The highest BCUT2D eigenvalue weighted by Gasteiger charge is 2.52. The molecule has 1 aliphatic heterocycles. The summed E-state index contributed by atoms with van der Waals surface area (Å²) in [6, 6.07) is 4.14. The van der Waals surface area contributed by atoms with Crippen molar-refractivity contribution in [2.24, 2.45) is 5.92 Å². The summed E-state index contributed by atoms with van der Waals surface area (Å²) in [6.07, 6.45) is 9.83. The molecule has 3 aliphatic rings. The highest BCUT2D eigenvalue weighted by Crippen LogP contribution is 2.54. The second-order valence-electron chi connectivity index (χ2n) is 10.9. The number of aliphatic carboxylic acids is 1. The van der Waals surface area contributed by atoms with E-state index >= 15 is 0 Å². The topological polar surface area (TPSA) is 110 Å². The number of carbonyl (C=O) groups excluding carboxylic acids is 1. The molecule has 0 spiro atoms. The van der Waals surface area contributed by atoms with Crippen molar-refractivity contribution < 1.29 is 19.4 Å². The van der Waals surface area contributed by atoms with Crippen LogP contribution in [0, 0.1) is 12.8 Å². The van der Waals surface area contributed by atoms with Crippen LogP contribution in [0.25, 0.3) is 11.0 Å². The van der Waals surface area contributed by atoms with Crippen molar-refractivity contribution in [3.05, 3.63) is 47.3 Å². The number of fused-ring (bicyclic) bond motifs is 3. The summed E-state index contributed by atoms with van der Waals surface area (Å²) in [5.41, 5.74) is 5.28. The Labute approximate surface area is 215 Å². The fraction of sp³-hybridized carbons (Fsp3) is 0.536. The van der Waals surface area contributed by atoms with E-state index in [0.717, 1.165) is 78.0 Å². The molecule has 194 valence electrons. The van der Waals surface area contributed by atoms with Crippen molar-refractivity contribution in [3.8, 4) is 0 Å². The molecular formula is C28H33N5O4. The molecule has 2 aromatic heterocycles. The number of hydrogen-bond donors (Lipinski definition) is 1. The number of aromatic nitrogens is 4. The van der Waals surface area contributed by atoms with Crippen LogP contribution in [0.5, 0.6) is 0 Å². The Morgan fingerprint density at radius 1 is 1.14 bits per heavy atom. The molecule has 9 nitrogen and oxygen atoms in total. The zero-order chi connectivity index (χ0) is 25.9. The molecule has 1 amide bonds. The largest absolute Gasteiger partial charge is 0.481 e. The predicted octanol–water partition coefficient (Wildman–Crippen LogP) is 4.94. The number of carboxylic acids is 1. The second-order valence-corrected chi connectivity index (χ2v) is 10.9. The van der Waals surface area contributed by atoms with Gasteiger partial charge in [0.2, 0.25) is 0 Å². The summed E-state index contributed by atoms with van der Waals surface area (Å²) in [5.74, 6) is -0.122. The van der Waals surface area contributed by atoms with E-state index < -0.39 is 5.97 Å².